The van der Waals surface area contributed by atoms with Crippen molar-refractivity contribution < 1.29 is 4.79 Å². The Labute approximate surface area is 179 Å². The van der Waals surface area contributed by atoms with Crippen LogP contribution in [0.3, 0.4) is 0 Å². The van der Waals surface area contributed by atoms with Gasteiger partial charge in [-0.05, 0) is 68.3 Å². The normalized spacial score (nSPS) is 11.3. The first kappa shape index (κ1) is 20.3. The van der Waals surface area contributed by atoms with Crippen LogP contribution >= 0.6 is 7.26 Å². The summed E-state index contributed by atoms with van der Waals surface area (Å²) in [6.07, 6.45) is 0. The summed E-state index contributed by atoms with van der Waals surface area (Å²) in [5.74, 6) is 0. The molecule has 0 aliphatic heterocycles. The standard InChI is InChI=1S/C28H26OP/c1-21-19-22(2)27(23(3)20-21)28(29)30(24-13-7-4-8-14-24,25-15-9-5-10-16-25)26-17-11-6-12-18-26/h4-20H,1-3H3/q+1. The summed E-state index contributed by atoms with van der Waals surface area (Å²) < 4.78 is 0. The van der Waals surface area contributed by atoms with E-state index in [0.29, 0.717) is 0 Å². The van der Waals surface area contributed by atoms with E-state index >= 15 is 0 Å². The van der Waals surface area contributed by atoms with Gasteiger partial charge in [-0.3, -0.25) is 0 Å². The van der Waals surface area contributed by atoms with Crippen LogP contribution in [-0.4, -0.2) is 5.52 Å². The van der Waals surface area contributed by atoms with Crippen LogP contribution in [0.25, 0.3) is 0 Å². The van der Waals surface area contributed by atoms with Crippen molar-refractivity contribution >= 4 is 28.7 Å². The zero-order valence-electron chi connectivity index (χ0n) is 17.7. The van der Waals surface area contributed by atoms with Gasteiger partial charge < -0.3 is 0 Å². The number of hydrogen-bond acceptors (Lipinski definition) is 1. The summed E-state index contributed by atoms with van der Waals surface area (Å²) in [6.45, 7) is 6.20. The van der Waals surface area contributed by atoms with Gasteiger partial charge >= 0.3 is 5.52 Å². The lowest BCUT2D eigenvalue weighted by Crippen LogP contribution is -2.37. The van der Waals surface area contributed by atoms with Crippen LogP contribution in [0.15, 0.2) is 103 Å². The molecule has 4 rings (SSSR count). The van der Waals surface area contributed by atoms with E-state index in [9.17, 15) is 4.79 Å². The first-order valence-corrected chi connectivity index (χ1v) is 12.0. The maximum atomic E-state index is 14.7. The zero-order chi connectivity index (χ0) is 21.1. The van der Waals surface area contributed by atoms with Gasteiger partial charge in [0.15, 0.2) is 7.26 Å². The van der Waals surface area contributed by atoms with Gasteiger partial charge in [0.05, 0.1) is 5.56 Å². The Kier molecular flexibility index (Phi) is 5.66. The molecule has 0 spiro atoms. The highest BCUT2D eigenvalue weighted by atomic mass is 31.2. The molecule has 0 amide bonds. The molecule has 1 nitrogen and oxygen atoms in total. The van der Waals surface area contributed by atoms with E-state index in [0.717, 1.165) is 32.6 Å². The second-order valence-electron chi connectivity index (χ2n) is 7.76. The van der Waals surface area contributed by atoms with Crippen molar-refractivity contribution in [2.45, 2.75) is 20.8 Å². The van der Waals surface area contributed by atoms with Crippen molar-refractivity contribution in [2.24, 2.45) is 0 Å². The lowest BCUT2D eigenvalue weighted by molar-refractivity contribution is 0.108. The van der Waals surface area contributed by atoms with E-state index < -0.39 is 7.26 Å². The molecule has 0 saturated heterocycles. The van der Waals surface area contributed by atoms with Gasteiger partial charge in [0.25, 0.3) is 0 Å². The largest absolute Gasteiger partial charge is 0.314 e. The minimum absolute atomic E-state index is 0.223. The average Bonchev–Trinajstić information content (AvgIpc) is 2.76. The minimum Gasteiger partial charge on any atom is -0.246 e. The van der Waals surface area contributed by atoms with Crippen molar-refractivity contribution in [3.8, 4) is 0 Å². The maximum Gasteiger partial charge on any atom is 0.314 e. The van der Waals surface area contributed by atoms with Crippen LogP contribution in [0.5, 0.6) is 0 Å². The molecule has 30 heavy (non-hydrogen) atoms. The molecule has 4 aromatic carbocycles. The number of aryl methyl sites for hydroxylation is 3. The highest BCUT2D eigenvalue weighted by Gasteiger charge is 2.54. The highest BCUT2D eigenvalue weighted by molar-refractivity contribution is 8.08. The summed E-state index contributed by atoms with van der Waals surface area (Å²) in [4.78, 5) is 14.7. The first-order valence-electron chi connectivity index (χ1n) is 10.2. The third-order valence-electron chi connectivity index (χ3n) is 5.63. The van der Waals surface area contributed by atoms with Crippen LogP contribution in [0.4, 0.5) is 0 Å². The summed E-state index contributed by atoms with van der Waals surface area (Å²) >= 11 is 0. The number of rotatable bonds is 5. The minimum atomic E-state index is -2.57. The predicted molar refractivity (Wildman–Crippen MR) is 130 cm³/mol. The summed E-state index contributed by atoms with van der Waals surface area (Å²) in [6, 6.07) is 35.2. The number of carbonyl (C=O) groups is 1. The molecule has 0 fully saturated rings. The molecule has 0 aromatic heterocycles. The quantitative estimate of drug-likeness (QED) is 0.384. The fourth-order valence-electron chi connectivity index (χ4n) is 4.44. The lowest BCUT2D eigenvalue weighted by atomic mass is 10.0. The van der Waals surface area contributed by atoms with Crippen molar-refractivity contribution in [3.05, 3.63) is 125 Å². The van der Waals surface area contributed by atoms with Crippen LogP contribution in [0.1, 0.15) is 27.0 Å². The molecule has 4 aromatic rings. The van der Waals surface area contributed by atoms with Crippen molar-refractivity contribution in [2.75, 3.05) is 0 Å². The summed E-state index contributed by atoms with van der Waals surface area (Å²) in [5, 5.41) is 3.27. The second-order valence-corrected chi connectivity index (χ2v) is 11.1. The molecule has 0 aliphatic rings. The van der Waals surface area contributed by atoms with Crippen molar-refractivity contribution in [1.29, 1.82) is 0 Å². The number of hydrogen-bond donors (Lipinski definition) is 0. The predicted octanol–water partition coefficient (Wildman–Crippen LogP) is 5.75. The molecule has 0 unspecified atom stereocenters. The van der Waals surface area contributed by atoms with Gasteiger partial charge in [0.1, 0.15) is 15.9 Å². The van der Waals surface area contributed by atoms with Gasteiger partial charge in [-0.2, -0.15) is 0 Å². The summed E-state index contributed by atoms with van der Waals surface area (Å²) in [7, 11) is -2.57. The fourth-order valence-corrected chi connectivity index (χ4v) is 8.58. The molecule has 0 aliphatic carbocycles. The van der Waals surface area contributed by atoms with Crippen LogP contribution in [0.2, 0.25) is 0 Å². The van der Waals surface area contributed by atoms with E-state index in [1.165, 1.54) is 5.56 Å². The molecular weight excluding hydrogens is 383 g/mol. The molecule has 0 bridgehead atoms. The smallest absolute Gasteiger partial charge is 0.246 e. The number of benzene rings is 4. The third-order valence-corrected chi connectivity index (χ3v) is 9.68. The van der Waals surface area contributed by atoms with Crippen molar-refractivity contribution in [1.82, 2.24) is 0 Å². The molecule has 0 saturated carbocycles. The van der Waals surface area contributed by atoms with Gasteiger partial charge in [0.2, 0.25) is 0 Å². The first-order chi connectivity index (χ1) is 14.5. The van der Waals surface area contributed by atoms with Crippen molar-refractivity contribution in [3.63, 3.8) is 0 Å². The Morgan fingerprint density at radius 2 is 0.900 bits per heavy atom. The second kappa shape index (κ2) is 8.38. The van der Waals surface area contributed by atoms with Crippen LogP contribution < -0.4 is 15.9 Å². The van der Waals surface area contributed by atoms with Gasteiger partial charge in [0, 0.05) is 0 Å². The van der Waals surface area contributed by atoms with Gasteiger partial charge in [-0.15, -0.1) is 0 Å². The molecule has 0 radical (unpaired) electrons. The Bertz CT molecular complexity index is 1050. The van der Waals surface area contributed by atoms with Crippen LogP contribution in [0, 0.1) is 20.8 Å². The topological polar surface area (TPSA) is 17.1 Å². The fraction of sp³-hybridized carbons (Fsp3) is 0.107. The molecule has 0 heterocycles. The molecule has 2 heteroatoms. The Balaban J connectivity index is 2.12. The Morgan fingerprint density at radius 3 is 1.23 bits per heavy atom. The van der Waals surface area contributed by atoms with E-state index in [4.69, 9.17) is 0 Å². The zero-order valence-corrected chi connectivity index (χ0v) is 18.6. The molecule has 0 atom stereocenters. The lowest BCUT2D eigenvalue weighted by Gasteiger charge is -2.26. The molecule has 0 N–H and O–H groups in total. The van der Waals surface area contributed by atoms with E-state index in [1.54, 1.807) is 0 Å². The Morgan fingerprint density at radius 1 is 0.567 bits per heavy atom. The number of carbonyl (C=O) groups excluding carboxylic acids is 1. The van der Waals surface area contributed by atoms with E-state index in [-0.39, 0.29) is 5.52 Å². The van der Waals surface area contributed by atoms with Crippen LogP contribution in [-0.2, 0) is 0 Å². The SMILES string of the molecule is Cc1cc(C)c(C(=O)[P+](c2ccccc2)(c2ccccc2)c2ccccc2)c(C)c1. The highest BCUT2D eigenvalue weighted by Crippen LogP contribution is 2.58. The van der Waals surface area contributed by atoms with E-state index in [1.807, 2.05) is 54.6 Å². The Hall–Kier alpha value is -3.02. The monoisotopic (exact) mass is 409 g/mol. The average molecular weight is 409 g/mol. The van der Waals surface area contributed by atoms with E-state index in [2.05, 4.69) is 69.3 Å². The van der Waals surface area contributed by atoms with Gasteiger partial charge in [-0.1, -0.05) is 72.3 Å². The molecular formula is C28H26OP+. The summed E-state index contributed by atoms with van der Waals surface area (Å²) in [5.41, 5.74) is 4.35. The molecule has 148 valence electrons. The maximum absolute atomic E-state index is 14.7. The van der Waals surface area contributed by atoms with Gasteiger partial charge in [-0.25, -0.2) is 4.79 Å². The third kappa shape index (κ3) is 3.40.